The topological polar surface area (TPSA) is 24.5 Å². The second kappa shape index (κ2) is 7.43. The number of nitrogens with one attached hydrogen (secondary N) is 1. The summed E-state index contributed by atoms with van der Waals surface area (Å²) in [6.45, 7) is 4.07. The van der Waals surface area contributed by atoms with Crippen LogP contribution in [0, 0.1) is 0 Å². The van der Waals surface area contributed by atoms with Gasteiger partial charge in [0.15, 0.2) is 0 Å². The van der Waals surface area contributed by atoms with Crippen LogP contribution >= 0.6 is 15.9 Å². The lowest BCUT2D eigenvalue weighted by atomic mass is 10.0. The fraction of sp³-hybridized carbons (Fsp3) is 0.625. The summed E-state index contributed by atoms with van der Waals surface area (Å²) < 4.78 is 6.98. The summed E-state index contributed by atoms with van der Waals surface area (Å²) in [4.78, 5) is 2.33. The predicted molar refractivity (Wildman–Crippen MR) is 88.5 cm³/mol. The van der Waals surface area contributed by atoms with Crippen molar-refractivity contribution < 1.29 is 4.74 Å². The third-order valence-corrected chi connectivity index (χ3v) is 4.55. The molecule has 2 rings (SSSR count). The molecule has 3 nitrogen and oxygen atoms in total. The van der Waals surface area contributed by atoms with Crippen molar-refractivity contribution in [2.45, 2.75) is 38.3 Å². The molecule has 0 bridgehead atoms. The van der Waals surface area contributed by atoms with E-state index in [2.05, 4.69) is 58.3 Å². The standard InChI is InChI=1S/C16H25BrN2O/c1-12(18-2)15-10-13(17)7-8-16(15)19(3)11-14-6-4-5-9-20-14/h7-8,10,12,14,18H,4-6,9,11H2,1-3H3. The number of rotatable bonds is 5. The molecular formula is C16H25BrN2O. The van der Waals surface area contributed by atoms with E-state index in [0.29, 0.717) is 12.1 Å². The first kappa shape index (κ1) is 15.8. The van der Waals surface area contributed by atoms with E-state index in [0.717, 1.165) is 17.6 Å². The first-order valence-corrected chi connectivity index (χ1v) is 8.20. The van der Waals surface area contributed by atoms with Gasteiger partial charge in [0.25, 0.3) is 0 Å². The Balaban J connectivity index is 2.13. The Bertz CT molecular complexity index is 432. The number of benzene rings is 1. The van der Waals surface area contributed by atoms with Crippen LogP contribution in [0.1, 0.15) is 37.8 Å². The summed E-state index contributed by atoms with van der Waals surface area (Å²) in [7, 11) is 4.16. The fourth-order valence-electron chi connectivity index (χ4n) is 2.73. The van der Waals surface area contributed by atoms with Gasteiger partial charge in [-0.3, -0.25) is 0 Å². The van der Waals surface area contributed by atoms with Crippen molar-refractivity contribution in [3.63, 3.8) is 0 Å². The van der Waals surface area contributed by atoms with Gasteiger partial charge < -0.3 is 15.0 Å². The number of likely N-dealkylation sites (N-methyl/N-ethyl adjacent to an activating group) is 1. The lowest BCUT2D eigenvalue weighted by Gasteiger charge is -2.31. The third kappa shape index (κ3) is 3.96. The molecule has 1 N–H and O–H groups in total. The molecule has 1 fully saturated rings. The quantitative estimate of drug-likeness (QED) is 0.883. The zero-order valence-corrected chi connectivity index (χ0v) is 14.2. The average Bonchev–Trinajstić information content (AvgIpc) is 2.47. The Morgan fingerprint density at radius 3 is 2.90 bits per heavy atom. The number of anilines is 1. The Labute approximate surface area is 130 Å². The summed E-state index contributed by atoms with van der Waals surface area (Å²) in [5.41, 5.74) is 2.60. The molecular weight excluding hydrogens is 316 g/mol. The second-order valence-electron chi connectivity index (χ2n) is 5.58. The second-order valence-corrected chi connectivity index (χ2v) is 6.50. The first-order chi connectivity index (χ1) is 9.61. The molecule has 2 unspecified atom stereocenters. The highest BCUT2D eigenvalue weighted by Crippen LogP contribution is 2.29. The van der Waals surface area contributed by atoms with Crippen molar-refractivity contribution in [1.82, 2.24) is 5.32 Å². The Kier molecular flexibility index (Phi) is 5.87. The smallest absolute Gasteiger partial charge is 0.0749 e. The average molecular weight is 341 g/mol. The van der Waals surface area contributed by atoms with E-state index in [9.17, 15) is 0 Å². The van der Waals surface area contributed by atoms with Crippen molar-refractivity contribution >= 4 is 21.6 Å². The van der Waals surface area contributed by atoms with Gasteiger partial charge in [0.05, 0.1) is 6.10 Å². The van der Waals surface area contributed by atoms with Crippen molar-refractivity contribution in [1.29, 1.82) is 0 Å². The van der Waals surface area contributed by atoms with Gasteiger partial charge in [-0.15, -0.1) is 0 Å². The van der Waals surface area contributed by atoms with Gasteiger partial charge in [0.2, 0.25) is 0 Å². The number of hydrogen-bond acceptors (Lipinski definition) is 3. The van der Waals surface area contributed by atoms with E-state index in [4.69, 9.17) is 4.74 Å². The van der Waals surface area contributed by atoms with Gasteiger partial charge in [-0.1, -0.05) is 15.9 Å². The van der Waals surface area contributed by atoms with E-state index in [1.807, 2.05) is 7.05 Å². The summed E-state index contributed by atoms with van der Waals surface area (Å²) in [5.74, 6) is 0. The Hall–Kier alpha value is -0.580. The van der Waals surface area contributed by atoms with Crippen molar-refractivity contribution in [3.8, 4) is 0 Å². The number of hydrogen-bond donors (Lipinski definition) is 1. The summed E-state index contributed by atoms with van der Waals surface area (Å²) in [6.07, 6.45) is 4.05. The maximum Gasteiger partial charge on any atom is 0.0749 e. The SMILES string of the molecule is CNC(C)c1cc(Br)ccc1N(C)CC1CCCCO1. The van der Waals surface area contributed by atoms with Crippen LogP contribution in [0.15, 0.2) is 22.7 Å². The summed E-state index contributed by atoms with van der Waals surface area (Å²) >= 11 is 3.57. The van der Waals surface area contributed by atoms with Crippen LogP contribution in [0.25, 0.3) is 0 Å². The lowest BCUT2D eigenvalue weighted by molar-refractivity contribution is 0.0216. The molecule has 0 saturated carbocycles. The van der Waals surface area contributed by atoms with E-state index in [-0.39, 0.29) is 0 Å². The van der Waals surface area contributed by atoms with E-state index in [1.165, 1.54) is 30.5 Å². The molecule has 1 saturated heterocycles. The molecule has 1 aliphatic rings. The van der Waals surface area contributed by atoms with Crippen LogP contribution in [0.5, 0.6) is 0 Å². The maximum atomic E-state index is 5.85. The van der Waals surface area contributed by atoms with Gasteiger partial charge in [0, 0.05) is 36.4 Å². The lowest BCUT2D eigenvalue weighted by Crippen LogP contribution is -2.34. The maximum absolute atomic E-state index is 5.85. The Morgan fingerprint density at radius 2 is 2.25 bits per heavy atom. The largest absolute Gasteiger partial charge is 0.376 e. The van der Waals surface area contributed by atoms with E-state index >= 15 is 0 Å². The first-order valence-electron chi connectivity index (χ1n) is 7.41. The summed E-state index contributed by atoms with van der Waals surface area (Å²) in [5, 5.41) is 3.33. The highest BCUT2D eigenvalue weighted by Gasteiger charge is 2.19. The number of ether oxygens (including phenoxy) is 1. The Morgan fingerprint density at radius 1 is 1.45 bits per heavy atom. The monoisotopic (exact) mass is 340 g/mol. The third-order valence-electron chi connectivity index (χ3n) is 4.05. The molecule has 2 atom stereocenters. The highest BCUT2D eigenvalue weighted by molar-refractivity contribution is 9.10. The molecule has 20 heavy (non-hydrogen) atoms. The van der Waals surface area contributed by atoms with Crippen LogP contribution in [0.4, 0.5) is 5.69 Å². The molecule has 0 amide bonds. The fourth-order valence-corrected chi connectivity index (χ4v) is 3.11. The molecule has 0 aliphatic carbocycles. The van der Waals surface area contributed by atoms with E-state index in [1.54, 1.807) is 0 Å². The molecule has 1 aromatic carbocycles. The zero-order valence-electron chi connectivity index (χ0n) is 12.7. The van der Waals surface area contributed by atoms with Gasteiger partial charge in [-0.2, -0.15) is 0 Å². The van der Waals surface area contributed by atoms with Gasteiger partial charge in [0.1, 0.15) is 0 Å². The molecule has 1 aliphatic heterocycles. The number of nitrogens with zero attached hydrogens (tertiary/aromatic N) is 1. The van der Waals surface area contributed by atoms with Crippen molar-refractivity contribution in [2.75, 3.05) is 32.1 Å². The van der Waals surface area contributed by atoms with Gasteiger partial charge >= 0.3 is 0 Å². The van der Waals surface area contributed by atoms with Gasteiger partial charge in [-0.25, -0.2) is 0 Å². The minimum absolute atomic E-state index is 0.331. The zero-order chi connectivity index (χ0) is 14.5. The van der Waals surface area contributed by atoms with Crippen LogP contribution in [0.3, 0.4) is 0 Å². The molecule has 4 heteroatoms. The normalized spacial score (nSPS) is 20.7. The highest BCUT2D eigenvalue weighted by atomic mass is 79.9. The molecule has 112 valence electrons. The summed E-state index contributed by atoms with van der Waals surface area (Å²) in [6, 6.07) is 6.83. The molecule has 1 aromatic rings. The van der Waals surface area contributed by atoms with Gasteiger partial charge in [-0.05, 0) is 57.0 Å². The van der Waals surface area contributed by atoms with Crippen LogP contribution in [-0.4, -0.2) is 33.4 Å². The van der Waals surface area contributed by atoms with Crippen LogP contribution in [-0.2, 0) is 4.74 Å². The van der Waals surface area contributed by atoms with Crippen molar-refractivity contribution in [2.24, 2.45) is 0 Å². The molecule has 0 aromatic heterocycles. The molecule has 0 spiro atoms. The molecule has 1 heterocycles. The predicted octanol–water partition coefficient (Wildman–Crippen LogP) is 3.73. The van der Waals surface area contributed by atoms with E-state index < -0.39 is 0 Å². The number of halogens is 1. The molecule has 0 radical (unpaired) electrons. The van der Waals surface area contributed by atoms with Crippen molar-refractivity contribution in [3.05, 3.63) is 28.2 Å². The minimum Gasteiger partial charge on any atom is -0.376 e. The van der Waals surface area contributed by atoms with Crippen LogP contribution < -0.4 is 10.2 Å². The minimum atomic E-state index is 0.331. The van der Waals surface area contributed by atoms with Crippen LogP contribution in [0.2, 0.25) is 0 Å².